The fourth-order valence-electron chi connectivity index (χ4n) is 3.34. The third-order valence-electron chi connectivity index (χ3n) is 5.13. The molecule has 0 bridgehead atoms. The maximum atomic E-state index is 14.0. The Morgan fingerprint density at radius 3 is 2.45 bits per heavy atom. The number of benzene rings is 2. The highest BCUT2D eigenvalue weighted by Gasteiger charge is 2.31. The van der Waals surface area contributed by atoms with E-state index in [1.165, 1.54) is 38.9 Å². The van der Waals surface area contributed by atoms with Crippen molar-refractivity contribution >= 4 is 27.7 Å². The highest BCUT2D eigenvalue weighted by atomic mass is 32.2. The maximum absolute atomic E-state index is 14.0. The van der Waals surface area contributed by atoms with Gasteiger partial charge in [-0.05, 0) is 46.8 Å². The van der Waals surface area contributed by atoms with Gasteiger partial charge in [0.2, 0.25) is 21.1 Å². The van der Waals surface area contributed by atoms with Crippen molar-refractivity contribution in [1.29, 1.82) is 0 Å². The van der Waals surface area contributed by atoms with Crippen molar-refractivity contribution in [2.45, 2.75) is 10.1 Å². The third-order valence-corrected chi connectivity index (χ3v) is 7.96. The van der Waals surface area contributed by atoms with Gasteiger partial charge < -0.3 is 9.64 Å². The number of aromatic nitrogens is 4. The Balaban J connectivity index is 1.34. The van der Waals surface area contributed by atoms with Crippen molar-refractivity contribution in [3.63, 3.8) is 0 Å². The summed E-state index contributed by atoms with van der Waals surface area (Å²) in [6.45, 7) is 0.625. The first kappa shape index (κ1) is 23.1. The van der Waals surface area contributed by atoms with Crippen LogP contribution in [-0.4, -0.2) is 82.8 Å². The van der Waals surface area contributed by atoms with Gasteiger partial charge in [-0.1, -0.05) is 23.9 Å². The van der Waals surface area contributed by atoms with E-state index in [1.54, 1.807) is 36.3 Å². The molecule has 0 saturated carbocycles. The van der Waals surface area contributed by atoms with Crippen molar-refractivity contribution < 1.29 is 22.3 Å². The van der Waals surface area contributed by atoms with Crippen LogP contribution in [0.25, 0.3) is 5.69 Å². The average molecular weight is 493 g/mol. The first-order chi connectivity index (χ1) is 15.9. The zero-order valence-electron chi connectivity index (χ0n) is 17.7. The molecular weight excluding hydrogens is 471 g/mol. The molecule has 10 nitrogen and oxygen atoms in total. The molecule has 1 saturated heterocycles. The number of halogens is 1. The molecule has 0 atom stereocenters. The molecule has 0 unspecified atom stereocenters. The number of piperazine rings is 1. The summed E-state index contributed by atoms with van der Waals surface area (Å²) in [6, 6.07) is 12.4. The highest BCUT2D eigenvalue weighted by Crippen LogP contribution is 2.23. The summed E-state index contributed by atoms with van der Waals surface area (Å²) < 4.78 is 47.3. The molecular formula is C20H21FN6O4S2. The lowest BCUT2D eigenvalue weighted by molar-refractivity contribution is -0.129. The molecule has 3 aromatic rings. The quantitative estimate of drug-likeness (QED) is 0.456. The van der Waals surface area contributed by atoms with E-state index in [1.807, 2.05) is 0 Å². The molecule has 1 aromatic heterocycles. The number of nitrogens with zero attached hydrogens (tertiary/aromatic N) is 6. The average Bonchev–Trinajstić information content (AvgIpc) is 3.31. The Bertz CT molecular complexity index is 1230. The van der Waals surface area contributed by atoms with Crippen LogP contribution in [0.1, 0.15) is 0 Å². The summed E-state index contributed by atoms with van der Waals surface area (Å²) in [4.78, 5) is 13.9. The minimum atomic E-state index is -3.95. The zero-order valence-corrected chi connectivity index (χ0v) is 19.3. The number of methoxy groups -OCH3 is 1. The molecule has 1 fully saturated rings. The second-order valence-electron chi connectivity index (χ2n) is 7.08. The van der Waals surface area contributed by atoms with Gasteiger partial charge >= 0.3 is 0 Å². The Hall–Kier alpha value is -3.03. The van der Waals surface area contributed by atoms with E-state index in [-0.39, 0.29) is 42.7 Å². The topological polar surface area (TPSA) is 111 Å². The molecule has 1 amide bonds. The van der Waals surface area contributed by atoms with E-state index in [2.05, 4.69) is 15.5 Å². The molecule has 33 heavy (non-hydrogen) atoms. The summed E-state index contributed by atoms with van der Waals surface area (Å²) in [6.07, 6.45) is 0. The number of ether oxygens (including phenoxy) is 1. The number of rotatable bonds is 7. The molecule has 0 spiro atoms. The number of sulfonamides is 1. The molecule has 0 aliphatic carbocycles. The van der Waals surface area contributed by atoms with E-state index in [9.17, 15) is 17.6 Å². The normalized spacial score (nSPS) is 14.9. The minimum Gasteiger partial charge on any atom is -0.497 e. The van der Waals surface area contributed by atoms with Crippen molar-refractivity contribution in [3.8, 4) is 11.4 Å². The summed E-state index contributed by atoms with van der Waals surface area (Å²) >= 11 is 1.19. The van der Waals surface area contributed by atoms with E-state index in [0.717, 1.165) is 11.8 Å². The number of thioether (sulfide) groups is 1. The Morgan fingerprint density at radius 2 is 1.79 bits per heavy atom. The monoisotopic (exact) mass is 492 g/mol. The molecule has 13 heteroatoms. The van der Waals surface area contributed by atoms with Crippen LogP contribution >= 0.6 is 11.8 Å². The molecule has 1 aliphatic heterocycles. The lowest BCUT2D eigenvalue weighted by atomic mass is 10.3. The molecule has 4 rings (SSSR count). The number of carbonyl (C=O) groups is 1. The molecule has 2 aromatic carbocycles. The van der Waals surface area contributed by atoms with E-state index >= 15 is 0 Å². The minimum absolute atomic E-state index is 0.0938. The number of amides is 1. The number of carbonyl (C=O) groups excluding carboxylic acids is 1. The van der Waals surface area contributed by atoms with Gasteiger partial charge in [-0.15, -0.1) is 5.10 Å². The molecule has 0 radical (unpaired) electrons. The number of hydrogen-bond acceptors (Lipinski definition) is 8. The Labute approximate surface area is 194 Å². The second-order valence-corrected chi connectivity index (χ2v) is 9.92. The lowest BCUT2D eigenvalue weighted by Gasteiger charge is -2.34. The standard InChI is InChI=1S/C20H21FN6O4S2/c1-31-16-8-6-15(7-9-16)27-20(22-23-24-27)32-14-19(28)25-10-12-26(13-11-25)33(29,30)18-5-3-2-4-17(18)21/h2-9H,10-14H2,1H3. The number of tetrazole rings is 1. The SMILES string of the molecule is COc1ccc(-n2nnnc2SCC(=O)N2CCN(S(=O)(=O)c3ccccc3F)CC2)cc1. The van der Waals surface area contributed by atoms with Crippen LogP contribution in [0.3, 0.4) is 0 Å². The maximum Gasteiger partial charge on any atom is 0.246 e. The third kappa shape index (κ3) is 4.99. The van der Waals surface area contributed by atoms with Crippen LogP contribution < -0.4 is 4.74 Å². The summed E-state index contributed by atoms with van der Waals surface area (Å²) in [5.74, 6) is -0.155. The smallest absolute Gasteiger partial charge is 0.246 e. The Morgan fingerprint density at radius 1 is 1.09 bits per heavy atom. The van der Waals surface area contributed by atoms with Crippen LogP contribution in [0.5, 0.6) is 5.75 Å². The second kappa shape index (κ2) is 9.85. The first-order valence-corrected chi connectivity index (χ1v) is 12.4. The largest absolute Gasteiger partial charge is 0.497 e. The van der Waals surface area contributed by atoms with Gasteiger partial charge in [0.15, 0.2) is 0 Å². The van der Waals surface area contributed by atoms with Gasteiger partial charge in [-0.3, -0.25) is 4.79 Å². The fraction of sp³-hybridized carbons (Fsp3) is 0.300. The van der Waals surface area contributed by atoms with Crippen LogP contribution in [0.15, 0.2) is 58.6 Å². The van der Waals surface area contributed by atoms with Gasteiger partial charge in [-0.2, -0.15) is 8.99 Å². The van der Waals surface area contributed by atoms with Gasteiger partial charge in [0, 0.05) is 26.2 Å². The zero-order chi connectivity index (χ0) is 23.4. The predicted molar refractivity (Wildman–Crippen MR) is 118 cm³/mol. The van der Waals surface area contributed by atoms with E-state index < -0.39 is 15.8 Å². The number of hydrogen-bond donors (Lipinski definition) is 0. The van der Waals surface area contributed by atoms with Crippen molar-refractivity contribution in [2.24, 2.45) is 0 Å². The molecule has 0 N–H and O–H groups in total. The molecule has 174 valence electrons. The predicted octanol–water partition coefficient (Wildman–Crippen LogP) is 1.44. The van der Waals surface area contributed by atoms with Gasteiger partial charge in [0.25, 0.3) is 0 Å². The van der Waals surface area contributed by atoms with E-state index in [0.29, 0.717) is 10.9 Å². The molecule has 2 heterocycles. The van der Waals surface area contributed by atoms with Crippen molar-refractivity contribution in [1.82, 2.24) is 29.4 Å². The van der Waals surface area contributed by atoms with Crippen LogP contribution in [0.4, 0.5) is 4.39 Å². The van der Waals surface area contributed by atoms with Crippen molar-refractivity contribution in [2.75, 3.05) is 39.0 Å². The van der Waals surface area contributed by atoms with E-state index in [4.69, 9.17) is 4.74 Å². The van der Waals surface area contributed by atoms with Crippen LogP contribution in [-0.2, 0) is 14.8 Å². The summed E-state index contributed by atoms with van der Waals surface area (Å²) in [5.41, 5.74) is 0.725. The fourth-order valence-corrected chi connectivity index (χ4v) is 5.62. The first-order valence-electron chi connectivity index (χ1n) is 9.98. The van der Waals surface area contributed by atoms with Gasteiger partial charge in [0.05, 0.1) is 18.6 Å². The molecule has 1 aliphatic rings. The lowest BCUT2D eigenvalue weighted by Crippen LogP contribution is -2.51. The van der Waals surface area contributed by atoms with Gasteiger partial charge in [-0.25, -0.2) is 12.8 Å². The van der Waals surface area contributed by atoms with Crippen LogP contribution in [0, 0.1) is 5.82 Å². The Kier molecular flexibility index (Phi) is 6.91. The van der Waals surface area contributed by atoms with Crippen molar-refractivity contribution in [3.05, 3.63) is 54.3 Å². The van der Waals surface area contributed by atoms with Gasteiger partial charge in [0.1, 0.15) is 16.5 Å². The van der Waals surface area contributed by atoms with Crippen LogP contribution in [0.2, 0.25) is 0 Å². The highest BCUT2D eigenvalue weighted by molar-refractivity contribution is 7.99. The summed E-state index contributed by atoms with van der Waals surface area (Å²) in [5, 5.41) is 12.1. The summed E-state index contributed by atoms with van der Waals surface area (Å²) in [7, 11) is -2.38.